The molecule has 0 aliphatic carbocycles. The molecular weight excluding hydrogens is 312 g/mol. The minimum atomic E-state index is -0.156. The van der Waals surface area contributed by atoms with E-state index in [1.807, 2.05) is 0 Å². The first kappa shape index (κ1) is 15.7. The van der Waals surface area contributed by atoms with Crippen molar-refractivity contribution >= 4 is 28.0 Å². The fourth-order valence-electron chi connectivity index (χ4n) is 2.80. The van der Waals surface area contributed by atoms with Gasteiger partial charge in [-0.2, -0.15) is 0 Å². The van der Waals surface area contributed by atoms with Crippen LogP contribution in [0.5, 0.6) is 5.75 Å². The van der Waals surface area contributed by atoms with Gasteiger partial charge in [-0.15, -0.1) is 11.3 Å². The predicted molar refractivity (Wildman–Crippen MR) is 89.2 cm³/mol. The molecule has 0 atom stereocenters. The van der Waals surface area contributed by atoms with Crippen molar-refractivity contribution in [3.63, 3.8) is 0 Å². The summed E-state index contributed by atoms with van der Waals surface area (Å²) >= 11 is 1.51. The second-order valence-electron chi connectivity index (χ2n) is 5.48. The van der Waals surface area contributed by atoms with Crippen LogP contribution in [0.2, 0.25) is 0 Å². The van der Waals surface area contributed by atoms with Crippen molar-refractivity contribution in [3.8, 4) is 5.75 Å². The van der Waals surface area contributed by atoms with Crippen LogP contribution in [-0.4, -0.2) is 25.3 Å². The Morgan fingerprint density at radius 1 is 1.26 bits per heavy atom. The summed E-state index contributed by atoms with van der Waals surface area (Å²) in [6, 6.07) is 7.07. The minimum Gasteiger partial charge on any atom is -0.497 e. The number of methoxy groups -OCH3 is 1. The van der Waals surface area contributed by atoms with Gasteiger partial charge < -0.3 is 15.4 Å². The highest BCUT2D eigenvalue weighted by molar-refractivity contribution is 7.17. The average Bonchev–Trinajstić information content (AvgIpc) is 2.91. The van der Waals surface area contributed by atoms with Gasteiger partial charge in [-0.1, -0.05) is 0 Å². The highest BCUT2D eigenvalue weighted by Gasteiger charge is 2.27. The van der Waals surface area contributed by atoms with Crippen molar-refractivity contribution in [2.75, 3.05) is 19.0 Å². The third kappa shape index (κ3) is 3.13. The van der Waals surface area contributed by atoms with Crippen LogP contribution in [0.15, 0.2) is 24.3 Å². The van der Waals surface area contributed by atoms with Gasteiger partial charge in [0.2, 0.25) is 5.91 Å². The first-order valence-corrected chi connectivity index (χ1v) is 8.34. The zero-order valence-corrected chi connectivity index (χ0v) is 14.0. The lowest BCUT2D eigenvalue weighted by molar-refractivity contribution is -0.672. The molecule has 0 spiro atoms. The molecule has 3 rings (SSSR count). The number of carbonyl (C=O) groups excluding carboxylic acids is 2. The summed E-state index contributed by atoms with van der Waals surface area (Å²) in [5, 5.41) is 5.71. The van der Waals surface area contributed by atoms with E-state index in [1.54, 1.807) is 31.4 Å². The topological polar surface area (TPSA) is 72.0 Å². The van der Waals surface area contributed by atoms with Gasteiger partial charge >= 0.3 is 0 Å². The van der Waals surface area contributed by atoms with E-state index in [9.17, 15) is 9.59 Å². The number of amides is 1. The Morgan fingerprint density at radius 3 is 2.65 bits per heavy atom. The second-order valence-corrected chi connectivity index (χ2v) is 6.58. The van der Waals surface area contributed by atoms with Crippen molar-refractivity contribution in [2.24, 2.45) is 0 Å². The first-order valence-electron chi connectivity index (χ1n) is 7.52. The van der Waals surface area contributed by atoms with Crippen LogP contribution < -0.4 is 15.4 Å². The third-order valence-electron chi connectivity index (χ3n) is 3.89. The molecule has 120 valence electrons. The minimum absolute atomic E-state index is 0.0456. The van der Waals surface area contributed by atoms with E-state index in [2.05, 4.69) is 10.6 Å². The van der Waals surface area contributed by atoms with Crippen LogP contribution in [0.4, 0.5) is 5.00 Å². The molecule has 0 unspecified atom stereocenters. The Labute approximate surface area is 138 Å². The van der Waals surface area contributed by atoms with Gasteiger partial charge in [0, 0.05) is 18.9 Å². The number of fused-ring (bicyclic) bond motifs is 1. The fraction of sp³-hybridized carbons (Fsp3) is 0.294. The first-order chi connectivity index (χ1) is 11.1. The van der Waals surface area contributed by atoms with Crippen molar-refractivity contribution in [1.29, 1.82) is 0 Å². The molecule has 0 saturated carbocycles. The Hall–Kier alpha value is -2.18. The summed E-state index contributed by atoms with van der Waals surface area (Å²) in [7, 11) is 1.59. The molecular formula is C17H19N2O3S+. The van der Waals surface area contributed by atoms with Gasteiger partial charge in [-0.05, 0) is 29.8 Å². The highest BCUT2D eigenvalue weighted by atomic mass is 32.1. The van der Waals surface area contributed by atoms with Crippen LogP contribution in [0.3, 0.4) is 0 Å². The SMILES string of the molecule is COc1ccc(C(=O)c2c(NC(C)=O)sc3c2CC[NH2+]C3)cc1. The van der Waals surface area contributed by atoms with E-state index in [-0.39, 0.29) is 11.7 Å². The average molecular weight is 331 g/mol. The van der Waals surface area contributed by atoms with E-state index in [0.717, 1.165) is 25.1 Å². The fourth-order valence-corrected chi connectivity index (χ4v) is 4.08. The van der Waals surface area contributed by atoms with E-state index >= 15 is 0 Å². The number of anilines is 1. The van der Waals surface area contributed by atoms with Gasteiger partial charge in [-0.25, -0.2) is 0 Å². The van der Waals surface area contributed by atoms with Gasteiger partial charge in [-0.3, -0.25) is 9.59 Å². The Balaban J connectivity index is 2.03. The lowest BCUT2D eigenvalue weighted by atomic mass is 9.96. The van der Waals surface area contributed by atoms with Gasteiger partial charge in [0.05, 0.1) is 24.1 Å². The van der Waals surface area contributed by atoms with Crippen LogP contribution in [0.1, 0.15) is 33.3 Å². The summed E-state index contributed by atoms with van der Waals surface area (Å²) in [5.41, 5.74) is 2.34. The maximum atomic E-state index is 13.0. The van der Waals surface area contributed by atoms with Crippen molar-refractivity contribution < 1.29 is 19.6 Å². The largest absolute Gasteiger partial charge is 0.497 e. The second kappa shape index (κ2) is 6.52. The molecule has 1 aliphatic rings. The number of hydrogen-bond acceptors (Lipinski definition) is 4. The molecule has 3 N–H and O–H groups in total. The number of nitrogens with one attached hydrogen (secondary N) is 1. The van der Waals surface area contributed by atoms with E-state index in [4.69, 9.17) is 4.74 Å². The van der Waals surface area contributed by atoms with E-state index in [1.165, 1.54) is 23.1 Å². The van der Waals surface area contributed by atoms with Crippen LogP contribution in [0, 0.1) is 0 Å². The molecule has 0 fully saturated rings. The summed E-state index contributed by atoms with van der Waals surface area (Å²) in [5.74, 6) is 0.512. The molecule has 0 saturated heterocycles. The number of carbonyl (C=O) groups is 2. The van der Waals surface area contributed by atoms with Gasteiger partial charge in [0.15, 0.2) is 5.78 Å². The smallest absolute Gasteiger partial charge is 0.221 e. The molecule has 1 aromatic carbocycles. The van der Waals surface area contributed by atoms with Crippen LogP contribution in [0.25, 0.3) is 0 Å². The Morgan fingerprint density at radius 2 is 2.00 bits per heavy atom. The number of thiophene rings is 1. The number of nitrogens with two attached hydrogens (primary N) is 1. The van der Waals surface area contributed by atoms with E-state index in [0.29, 0.717) is 21.9 Å². The summed E-state index contributed by atoms with van der Waals surface area (Å²) in [6.07, 6.45) is 0.850. The zero-order valence-electron chi connectivity index (χ0n) is 13.1. The summed E-state index contributed by atoms with van der Waals surface area (Å²) < 4.78 is 5.14. The molecule has 2 aromatic rings. The molecule has 0 radical (unpaired) electrons. The molecule has 6 heteroatoms. The number of ether oxygens (including phenoxy) is 1. The van der Waals surface area contributed by atoms with Crippen molar-refractivity contribution in [1.82, 2.24) is 0 Å². The number of hydrogen-bond donors (Lipinski definition) is 2. The predicted octanol–water partition coefficient (Wildman–Crippen LogP) is 1.57. The molecule has 0 bridgehead atoms. The molecule has 23 heavy (non-hydrogen) atoms. The molecule has 1 aliphatic heterocycles. The lowest BCUT2D eigenvalue weighted by Crippen LogP contribution is -2.84. The molecule has 1 aromatic heterocycles. The van der Waals surface area contributed by atoms with Gasteiger partial charge in [0.25, 0.3) is 0 Å². The maximum Gasteiger partial charge on any atom is 0.221 e. The normalized spacial score (nSPS) is 13.3. The number of quaternary nitrogens is 1. The lowest BCUT2D eigenvalue weighted by Gasteiger charge is -2.12. The summed E-state index contributed by atoms with van der Waals surface area (Å²) in [4.78, 5) is 25.6. The Bertz CT molecular complexity index is 750. The summed E-state index contributed by atoms with van der Waals surface area (Å²) in [6.45, 7) is 3.29. The van der Waals surface area contributed by atoms with Crippen LogP contribution in [-0.2, 0) is 17.8 Å². The maximum absolute atomic E-state index is 13.0. The van der Waals surface area contributed by atoms with Gasteiger partial charge in [0.1, 0.15) is 17.3 Å². The number of rotatable bonds is 4. The standard InChI is InChI=1S/C17H18N2O3S/c1-10(20)19-17-15(13-7-8-18-9-14(13)23-17)16(21)11-3-5-12(22-2)6-4-11/h3-6,18H,7-9H2,1-2H3,(H,19,20)/p+1. The van der Waals surface area contributed by atoms with E-state index < -0.39 is 0 Å². The Kier molecular flexibility index (Phi) is 4.45. The quantitative estimate of drug-likeness (QED) is 0.835. The zero-order chi connectivity index (χ0) is 16.4. The highest BCUT2D eigenvalue weighted by Crippen LogP contribution is 2.36. The van der Waals surface area contributed by atoms with Crippen LogP contribution >= 0.6 is 11.3 Å². The molecule has 2 heterocycles. The van der Waals surface area contributed by atoms with Crippen molar-refractivity contribution in [3.05, 3.63) is 45.8 Å². The monoisotopic (exact) mass is 331 g/mol. The third-order valence-corrected chi connectivity index (χ3v) is 5.06. The number of ketones is 1. The van der Waals surface area contributed by atoms with Crippen molar-refractivity contribution in [2.45, 2.75) is 19.9 Å². The molecule has 1 amide bonds. The number of benzene rings is 1. The molecule has 5 nitrogen and oxygen atoms in total.